The van der Waals surface area contributed by atoms with Gasteiger partial charge < -0.3 is 15.0 Å². The van der Waals surface area contributed by atoms with Crippen molar-refractivity contribution in [2.75, 3.05) is 39.9 Å². The number of ether oxygens (including phenoxy) is 1. The average molecular weight is 268 g/mol. The maximum absolute atomic E-state index is 5.22. The first-order valence-corrected chi connectivity index (χ1v) is 7.57. The van der Waals surface area contributed by atoms with Crippen LogP contribution in [0.4, 0.5) is 0 Å². The van der Waals surface area contributed by atoms with Crippen molar-refractivity contribution in [1.82, 2.24) is 10.2 Å². The third-order valence-corrected chi connectivity index (χ3v) is 4.47. The second kappa shape index (κ2) is 7.24. The molecular formula is C14H24N2OS. The zero-order chi connectivity index (χ0) is 12.8. The molecule has 18 heavy (non-hydrogen) atoms. The van der Waals surface area contributed by atoms with E-state index in [0.29, 0.717) is 0 Å². The first-order chi connectivity index (χ1) is 8.78. The predicted molar refractivity (Wildman–Crippen MR) is 77.2 cm³/mol. The summed E-state index contributed by atoms with van der Waals surface area (Å²) in [5.74, 6) is 0.745. The zero-order valence-corrected chi connectivity index (χ0v) is 12.3. The molecule has 0 spiro atoms. The van der Waals surface area contributed by atoms with Gasteiger partial charge in [-0.05, 0) is 37.9 Å². The lowest BCUT2D eigenvalue weighted by Crippen LogP contribution is -2.30. The number of nitrogens with one attached hydrogen (secondary N) is 1. The van der Waals surface area contributed by atoms with Gasteiger partial charge in [-0.1, -0.05) is 0 Å². The lowest BCUT2D eigenvalue weighted by atomic mass is 10.1. The first kappa shape index (κ1) is 14.0. The fraction of sp³-hybridized carbons (Fsp3) is 0.714. The van der Waals surface area contributed by atoms with Crippen LogP contribution in [-0.2, 0) is 11.3 Å². The third-order valence-electron chi connectivity index (χ3n) is 3.47. The van der Waals surface area contributed by atoms with Crippen molar-refractivity contribution >= 4 is 11.3 Å². The van der Waals surface area contributed by atoms with E-state index in [4.69, 9.17) is 4.74 Å². The van der Waals surface area contributed by atoms with E-state index < -0.39 is 0 Å². The number of aryl methyl sites for hydroxylation is 1. The van der Waals surface area contributed by atoms with Crippen molar-refractivity contribution in [3.8, 4) is 0 Å². The molecule has 1 aromatic rings. The number of thiophene rings is 1. The van der Waals surface area contributed by atoms with E-state index in [1.165, 1.54) is 29.3 Å². The first-order valence-electron chi connectivity index (χ1n) is 6.75. The molecule has 1 N–H and O–H groups in total. The smallest absolute Gasteiger partial charge is 0.0503 e. The van der Waals surface area contributed by atoms with Crippen LogP contribution < -0.4 is 5.32 Å². The van der Waals surface area contributed by atoms with Crippen LogP contribution in [0.1, 0.15) is 16.2 Å². The molecule has 1 aliphatic rings. The number of nitrogens with zero attached hydrogens (tertiary/aromatic N) is 1. The highest BCUT2D eigenvalue weighted by Gasteiger charge is 2.21. The minimum atomic E-state index is 0.745. The van der Waals surface area contributed by atoms with Gasteiger partial charge in [0.1, 0.15) is 0 Å². The van der Waals surface area contributed by atoms with E-state index in [1.54, 1.807) is 7.11 Å². The maximum atomic E-state index is 5.22. The molecule has 102 valence electrons. The summed E-state index contributed by atoms with van der Waals surface area (Å²) in [6.07, 6.45) is 1.29. The van der Waals surface area contributed by atoms with Crippen LogP contribution in [0.15, 0.2) is 12.1 Å². The quantitative estimate of drug-likeness (QED) is 0.767. The maximum Gasteiger partial charge on any atom is 0.0503 e. The molecule has 1 aromatic heterocycles. The molecule has 1 atom stereocenters. The summed E-state index contributed by atoms with van der Waals surface area (Å²) in [6.45, 7) is 8.75. The minimum Gasteiger partial charge on any atom is -0.384 e. The van der Waals surface area contributed by atoms with Gasteiger partial charge >= 0.3 is 0 Å². The van der Waals surface area contributed by atoms with Gasteiger partial charge in [-0.3, -0.25) is 0 Å². The largest absolute Gasteiger partial charge is 0.384 e. The molecule has 1 unspecified atom stereocenters. The summed E-state index contributed by atoms with van der Waals surface area (Å²) in [7, 11) is 1.80. The van der Waals surface area contributed by atoms with Crippen molar-refractivity contribution in [3.05, 3.63) is 21.9 Å². The van der Waals surface area contributed by atoms with Gasteiger partial charge in [0.25, 0.3) is 0 Å². The van der Waals surface area contributed by atoms with E-state index >= 15 is 0 Å². The van der Waals surface area contributed by atoms with E-state index in [0.717, 1.165) is 32.2 Å². The summed E-state index contributed by atoms with van der Waals surface area (Å²) in [5.41, 5.74) is 0. The highest BCUT2D eigenvalue weighted by atomic mass is 32.1. The molecule has 2 heterocycles. The predicted octanol–water partition coefficient (Wildman–Crippen LogP) is 2.11. The molecule has 1 aliphatic heterocycles. The van der Waals surface area contributed by atoms with Crippen LogP contribution in [0.25, 0.3) is 0 Å². The van der Waals surface area contributed by atoms with Crippen molar-refractivity contribution in [2.24, 2.45) is 5.92 Å². The van der Waals surface area contributed by atoms with Gasteiger partial charge in [-0.15, -0.1) is 11.3 Å². The standard InChI is InChI=1S/C14H24N2OS/c1-12-3-4-14(18-12)9-15-6-8-16-7-5-13(10-16)11-17-2/h3-4,13,15H,5-11H2,1-2H3. The summed E-state index contributed by atoms with van der Waals surface area (Å²) < 4.78 is 5.22. The fourth-order valence-electron chi connectivity index (χ4n) is 2.52. The molecule has 0 radical (unpaired) electrons. The second-order valence-corrected chi connectivity index (χ2v) is 6.47. The molecule has 1 fully saturated rings. The van der Waals surface area contributed by atoms with Crippen LogP contribution in [0.2, 0.25) is 0 Å². The molecule has 0 saturated carbocycles. The van der Waals surface area contributed by atoms with Gasteiger partial charge in [-0.25, -0.2) is 0 Å². The molecule has 3 nitrogen and oxygen atoms in total. The molecule has 0 aromatic carbocycles. The molecule has 0 aliphatic carbocycles. The summed E-state index contributed by atoms with van der Waals surface area (Å²) >= 11 is 1.88. The monoisotopic (exact) mass is 268 g/mol. The average Bonchev–Trinajstić information content (AvgIpc) is 2.95. The highest BCUT2D eigenvalue weighted by Crippen LogP contribution is 2.16. The number of hydrogen-bond donors (Lipinski definition) is 1. The second-order valence-electron chi connectivity index (χ2n) is 5.10. The summed E-state index contributed by atoms with van der Waals surface area (Å²) in [5, 5.41) is 3.53. The Bertz CT molecular complexity index is 353. The molecule has 2 rings (SSSR count). The highest BCUT2D eigenvalue weighted by molar-refractivity contribution is 7.11. The number of methoxy groups -OCH3 is 1. The molecule has 4 heteroatoms. The Morgan fingerprint density at radius 2 is 2.39 bits per heavy atom. The van der Waals surface area contributed by atoms with Crippen LogP contribution in [0.5, 0.6) is 0 Å². The summed E-state index contributed by atoms with van der Waals surface area (Å²) in [4.78, 5) is 5.37. The minimum absolute atomic E-state index is 0.745. The van der Waals surface area contributed by atoms with Crippen molar-refractivity contribution in [1.29, 1.82) is 0 Å². The van der Waals surface area contributed by atoms with E-state index in [-0.39, 0.29) is 0 Å². The van der Waals surface area contributed by atoms with E-state index in [2.05, 4.69) is 29.3 Å². The van der Waals surface area contributed by atoms with E-state index in [9.17, 15) is 0 Å². The van der Waals surface area contributed by atoms with Crippen molar-refractivity contribution < 1.29 is 4.74 Å². The Morgan fingerprint density at radius 1 is 1.50 bits per heavy atom. The number of likely N-dealkylation sites (tertiary alicyclic amines) is 1. The normalized spacial score (nSPS) is 20.7. The Kier molecular flexibility index (Phi) is 5.63. The molecule has 1 saturated heterocycles. The van der Waals surface area contributed by atoms with Gasteiger partial charge in [0.05, 0.1) is 6.61 Å². The van der Waals surface area contributed by atoms with Crippen LogP contribution >= 0.6 is 11.3 Å². The van der Waals surface area contributed by atoms with Crippen LogP contribution in [0, 0.1) is 12.8 Å². The Hall–Kier alpha value is -0.420. The topological polar surface area (TPSA) is 24.5 Å². The molecule has 0 amide bonds. The molecule has 0 bridgehead atoms. The SMILES string of the molecule is COCC1CCN(CCNCc2ccc(C)s2)C1. The summed E-state index contributed by atoms with van der Waals surface area (Å²) in [6, 6.07) is 4.41. The fourth-order valence-corrected chi connectivity index (χ4v) is 3.38. The zero-order valence-electron chi connectivity index (χ0n) is 11.4. The van der Waals surface area contributed by atoms with Crippen molar-refractivity contribution in [3.63, 3.8) is 0 Å². The van der Waals surface area contributed by atoms with Crippen LogP contribution in [-0.4, -0.2) is 44.8 Å². The van der Waals surface area contributed by atoms with Crippen LogP contribution in [0.3, 0.4) is 0 Å². The molecular weight excluding hydrogens is 244 g/mol. The lowest BCUT2D eigenvalue weighted by Gasteiger charge is -2.15. The van der Waals surface area contributed by atoms with Gasteiger partial charge in [0.2, 0.25) is 0 Å². The Balaban J connectivity index is 1.56. The van der Waals surface area contributed by atoms with E-state index in [1.807, 2.05) is 11.3 Å². The number of hydrogen-bond acceptors (Lipinski definition) is 4. The lowest BCUT2D eigenvalue weighted by molar-refractivity contribution is 0.153. The van der Waals surface area contributed by atoms with Crippen molar-refractivity contribution in [2.45, 2.75) is 19.9 Å². The number of rotatable bonds is 7. The van der Waals surface area contributed by atoms with Gasteiger partial charge in [0.15, 0.2) is 0 Å². The Morgan fingerprint density at radius 3 is 3.11 bits per heavy atom. The Labute approximate surface area is 114 Å². The third kappa shape index (κ3) is 4.35. The van der Waals surface area contributed by atoms with Gasteiger partial charge in [0, 0.05) is 43.0 Å². The van der Waals surface area contributed by atoms with Gasteiger partial charge in [-0.2, -0.15) is 0 Å².